The van der Waals surface area contributed by atoms with Crippen LogP contribution in [-0.2, 0) is 20.0 Å². The zero-order valence-corrected chi connectivity index (χ0v) is 19.3. The molecular weight excluding hydrogens is 420 g/mol. The molecule has 1 saturated carbocycles. The Bertz CT molecular complexity index is 1070. The molecule has 0 radical (unpaired) electrons. The molecule has 0 spiro atoms. The van der Waals surface area contributed by atoms with Gasteiger partial charge in [0.15, 0.2) is 0 Å². The molecule has 0 heterocycles. The summed E-state index contributed by atoms with van der Waals surface area (Å²) in [5.41, 5.74) is -0.511. The predicted octanol–water partition coefficient (Wildman–Crippen LogP) is 3.53. The molecule has 0 aromatic heterocycles. The Morgan fingerprint density at radius 1 is 0.800 bits per heavy atom. The zero-order chi connectivity index (χ0) is 22.0. The Kier molecular flexibility index (Phi) is 6.43. The molecule has 0 bridgehead atoms. The standard InChI is InChI=1S/C22H30N2O4S2/c1-21(2)14-18(24-30(27,28)20-12-8-5-9-13-20)15-22(3,16-21)17-23-29(25,26)19-10-6-4-7-11-19/h4-13,18,23-24H,14-17H2,1-3H3/t18-,22+/m1/s1. The van der Waals surface area contributed by atoms with Crippen molar-refractivity contribution in [3.8, 4) is 0 Å². The van der Waals surface area contributed by atoms with E-state index in [2.05, 4.69) is 23.3 Å². The number of benzene rings is 2. The maximum absolute atomic E-state index is 12.8. The van der Waals surface area contributed by atoms with Crippen molar-refractivity contribution < 1.29 is 16.8 Å². The topological polar surface area (TPSA) is 92.3 Å². The Morgan fingerprint density at radius 2 is 1.30 bits per heavy atom. The summed E-state index contributed by atoms with van der Waals surface area (Å²) in [6, 6.07) is 16.3. The van der Waals surface area contributed by atoms with Gasteiger partial charge in [-0.25, -0.2) is 26.3 Å². The molecule has 1 aliphatic carbocycles. The fourth-order valence-corrected chi connectivity index (χ4v) is 7.17. The highest BCUT2D eigenvalue weighted by atomic mass is 32.2. The third-order valence-corrected chi connectivity index (χ3v) is 8.51. The summed E-state index contributed by atoms with van der Waals surface area (Å²) in [7, 11) is -7.25. The van der Waals surface area contributed by atoms with E-state index in [0.29, 0.717) is 12.8 Å². The highest BCUT2D eigenvalue weighted by Crippen LogP contribution is 2.46. The molecular formula is C22H30N2O4S2. The highest BCUT2D eigenvalue weighted by molar-refractivity contribution is 7.89. The van der Waals surface area contributed by atoms with Crippen molar-refractivity contribution in [2.24, 2.45) is 10.8 Å². The molecule has 0 aliphatic heterocycles. The first-order valence-corrected chi connectivity index (χ1v) is 13.0. The minimum Gasteiger partial charge on any atom is -0.211 e. The van der Waals surface area contributed by atoms with Gasteiger partial charge in [-0.1, -0.05) is 57.2 Å². The van der Waals surface area contributed by atoms with Gasteiger partial charge in [-0.2, -0.15) is 0 Å². The summed E-state index contributed by atoms with van der Waals surface area (Å²) in [5, 5.41) is 0. The quantitative estimate of drug-likeness (QED) is 0.675. The summed E-state index contributed by atoms with van der Waals surface area (Å²) < 4.78 is 56.5. The Morgan fingerprint density at radius 3 is 1.83 bits per heavy atom. The van der Waals surface area contributed by atoms with Gasteiger partial charge in [0.2, 0.25) is 20.0 Å². The second kappa shape index (κ2) is 8.42. The van der Waals surface area contributed by atoms with E-state index in [4.69, 9.17) is 0 Å². The van der Waals surface area contributed by atoms with Crippen molar-refractivity contribution in [2.45, 2.75) is 55.9 Å². The van der Waals surface area contributed by atoms with Gasteiger partial charge in [-0.15, -0.1) is 0 Å². The molecule has 8 heteroatoms. The average Bonchev–Trinajstić information content (AvgIpc) is 2.66. The minimum absolute atomic E-state index is 0.130. The highest BCUT2D eigenvalue weighted by Gasteiger charge is 2.43. The predicted molar refractivity (Wildman–Crippen MR) is 118 cm³/mol. The van der Waals surface area contributed by atoms with Crippen LogP contribution in [0, 0.1) is 10.8 Å². The zero-order valence-electron chi connectivity index (χ0n) is 17.6. The van der Waals surface area contributed by atoms with Gasteiger partial charge in [-0.3, -0.25) is 0 Å². The lowest BCUT2D eigenvalue weighted by Crippen LogP contribution is -2.50. The Balaban J connectivity index is 1.75. The molecule has 0 unspecified atom stereocenters. The van der Waals surface area contributed by atoms with Crippen LogP contribution in [0.1, 0.15) is 40.0 Å². The largest absolute Gasteiger partial charge is 0.240 e. The smallest absolute Gasteiger partial charge is 0.211 e. The van der Waals surface area contributed by atoms with E-state index in [1.54, 1.807) is 60.7 Å². The van der Waals surface area contributed by atoms with Crippen molar-refractivity contribution >= 4 is 20.0 Å². The van der Waals surface area contributed by atoms with E-state index in [0.717, 1.165) is 6.42 Å². The average molecular weight is 451 g/mol. The lowest BCUT2D eigenvalue weighted by atomic mass is 9.63. The lowest BCUT2D eigenvalue weighted by Gasteiger charge is -2.46. The van der Waals surface area contributed by atoms with E-state index >= 15 is 0 Å². The molecule has 1 fully saturated rings. The van der Waals surface area contributed by atoms with Crippen molar-refractivity contribution in [3.05, 3.63) is 60.7 Å². The fourth-order valence-electron chi connectivity index (χ4n) is 4.69. The molecule has 30 heavy (non-hydrogen) atoms. The van der Waals surface area contributed by atoms with Crippen LogP contribution >= 0.6 is 0 Å². The summed E-state index contributed by atoms with van der Waals surface area (Å²) >= 11 is 0. The fraction of sp³-hybridized carbons (Fsp3) is 0.455. The molecule has 6 nitrogen and oxygen atoms in total. The molecule has 2 N–H and O–H groups in total. The number of rotatable bonds is 7. The molecule has 2 aromatic carbocycles. The van der Waals surface area contributed by atoms with Gasteiger partial charge >= 0.3 is 0 Å². The Labute approximate surface area is 180 Å². The van der Waals surface area contributed by atoms with Gasteiger partial charge in [0.1, 0.15) is 0 Å². The molecule has 1 aliphatic rings. The van der Waals surface area contributed by atoms with E-state index < -0.39 is 20.0 Å². The van der Waals surface area contributed by atoms with Gasteiger partial charge in [0, 0.05) is 12.6 Å². The second-order valence-electron chi connectivity index (χ2n) is 9.33. The normalized spacial score (nSPS) is 24.4. The first-order chi connectivity index (χ1) is 13.9. The van der Waals surface area contributed by atoms with Crippen LogP contribution in [0.2, 0.25) is 0 Å². The molecule has 0 saturated heterocycles. The minimum atomic E-state index is -3.64. The van der Waals surface area contributed by atoms with Crippen LogP contribution in [0.15, 0.2) is 70.5 Å². The molecule has 164 valence electrons. The van der Waals surface area contributed by atoms with Crippen LogP contribution < -0.4 is 9.44 Å². The van der Waals surface area contributed by atoms with Gasteiger partial charge in [0.05, 0.1) is 9.79 Å². The summed E-state index contributed by atoms with van der Waals surface area (Å²) in [6.07, 6.45) is 2.04. The summed E-state index contributed by atoms with van der Waals surface area (Å²) in [6.45, 7) is 6.46. The number of sulfonamides is 2. The van der Waals surface area contributed by atoms with Crippen LogP contribution in [0.5, 0.6) is 0 Å². The maximum atomic E-state index is 12.8. The van der Waals surface area contributed by atoms with Crippen LogP contribution in [0.4, 0.5) is 0 Å². The Hall–Kier alpha value is -1.74. The summed E-state index contributed by atoms with van der Waals surface area (Å²) in [5.74, 6) is 0. The van der Waals surface area contributed by atoms with E-state index in [1.165, 1.54) is 0 Å². The van der Waals surface area contributed by atoms with Gasteiger partial charge in [0.25, 0.3) is 0 Å². The monoisotopic (exact) mass is 450 g/mol. The first kappa shape index (κ1) is 22.9. The lowest BCUT2D eigenvalue weighted by molar-refractivity contribution is 0.0821. The second-order valence-corrected chi connectivity index (χ2v) is 12.8. The van der Waals surface area contributed by atoms with Crippen molar-refractivity contribution in [2.75, 3.05) is 6.54 Å². The SMILES string of the molecule is CC1(C)C[C@@H](NS(=O)(=O)c2ccccc2)C[C@](C)(CNS(=O)(=O)c2ccccc2)C1. The molecule has 3 rings (SSSR count). The number of nitrogens with one attached hydrogen (secondary N) is 2. The van der Waals surface area contributed by atoms with Gasteiger partial charge < -0.3 is 0 Å². The first-order valence-electron chi connectivity index (χ1n) is 10.0. The molecule has 2 aromatic rings. The van der Waals surface area contributed by atoms with Gasteiger partial charge in [-0.05, 0) is 54.4 Å². The van der Waals surface area contributed by atoms with Crippen molar-refractivity contribution in [1.29, 1.82) is 0 Å². The molecule has 2 atom stereocenters. The molecule has 0 amide bonds. The van der Waals surface area contributed by atoms with Crippen molar-refractivity contribution in [1.82, 2.24) is 9.44 Å². The maximum Gasteiger partial charge on any atom is 0.240 e. The third-order valence-electron chi connectivity index (χ3n) is 5.56. The van der Waals surface area contributed by atoms with Crippen LogP contribution in [0.3, 0.4) is 0 Å². The third kappa shape index (κ3) is 5.69. The number of hydrogen-bond acceptors (Lipinski definition) is 4. The van der Waals surface area contributed by atoms with E-state index in [1.807, 2.05) is 6.92 Å². The van der Waals surface area contributed by atoms with Crippen LogP contribution in [-0.4, -0.2) is 29.4 Å². The van der Waals surface area contributed by atoms with Crippen molar-refractivity contribution in [3.63, 3.8) is 0 Å². The van der Waals surface area contributed by atoms with E-state index in [-0.39, 0.29) is 33.2 Å². The number of hydrogen-bond donors (Lipinski definition) is 2. The van der Waals surface area contributed by atoms with Crippen LogP contribution in [0.25, 0.3) is 0 Å². The van der Waals surface area contributed by atoms with E-state index in [9.17, 15) is 16.8 Å². The summed E-state index contributed by atoms with van der Waals surface area (Å²) in [4.78, 5) is 0.463.